The van der Waals surface area contributed by atoms with Gasteiger partial charge in [0, 0.05) is 19.2 Å². The molecular formula is C12H15NO2S. The zero-order valence-corrected chi connectivity index (χ0v) is 10.00. The van der Waals surface area contributed by atoms with Crippen LogP contribution >= 0.6 is 11.8 Å². The second-order valence-electron chi connectivity index (χ2n) is 3.41. The number of carbonyl (C=O) groups excluding carboxylic acids is 2. The first-order valence-electron chi connectivity index (χ1n) is 5.08. The Morgan fingerprint density at radius 3 is 2.69 bits per heavy atom. The standard InChI is InChI=1S/C12H15NO2S/c1-10(15)16-9-12(8-14)13-7-11-5-3-2-4-6-11/h2-6,8,12-13H,7,9H2,1H3/t12-/m1/s1. The summed E-state index contributed by atoms with van der Waals surface area (Å²) in [7, 11) is 0. The van der Waals surface area contributed by atoms with Crippen molar-refractivity contribution in [1.29, 1.82) is 0 Å². The molecule has 0 aliphatic heterocycles. The minimum atomic E-state index is -0.269. The van der Waals surface area contributed by atoms with Gasteiger partial charge < -0.3 is 10.1 Å². The van der Waals surface area contributed by atoms with E-state index in [0.717, 1.165) is 11.8 Å². The molecule has 86 valence electrons. The zero-order valence-electron chi connectivity index (χ0n) is 9.18. The van der Waals surface area contributed by atoms with Crippen molar-refractivity contribution in [3.63, 3.8) is 0 Å². The molecule has 0 radical (unpaired) electrons. The van der Waals surface area contributed by atoms with E-state index < -0.39 is 0 Å². The van der Waals surface area contributed by atoms with Gasteiger partial charge in [-0.3, -0.25) is 4.79 Å². The lowest BCUT2D eigenvalue weighted by Gasteiger charge is -2.11. The molecule has 0 amide bonds. The van der Waals surface area contributed by atoms with E-state index in [1.54, 1.807) is 0 Å². The molecule has 16 heavy (non-hydrogen) atoms. The summed E-state index contributed by atoms with van der Waals surface area (Å²) in [6.07, 6.45) is 0.846. The van der Waals surface area contributed by atoms with E-state index in [0.29, 0.717) is 12.3 Å². The summed E-state index contributed by atoms with van der Waals surface area (Å²) in [5.74, 6) is 0.492. The maximum Gasteiger partial charge on any atom is 0.185 e. The van der Waals surface area contributed by atoms with Crippen molar-refractivity contribution in [2.45, 2.75) is 19.5 Å². The molecule has 0 saturated heterocycles. The Labute approximate surface area is 99.6 Å². The number of hydrogen-bond acceptors (Lipinski definition) is 4. The maximum atomic E-state index is 10.8. The van der Waals surface area contributed by atoms with Gasteiger partial charge in [-0.1, -0.05) is 42.1 Å². The van der Waals surface area contributed by atoms with Crippen LogP contribution in [0.15, 0.2) is 30.3 Å². The summed E-state index contributed by atoms with van der Waals surface area (Å²) in [5.41, 5.74) is 1.13. The highest BCUT2D eigenvalue weighted by Gasteiger charge is 2.07. The van der Waals surface area contributed by atoms with Crippen LogP contribution in [-0.4, -0.2) is 23.2 Å². The van der Waals surface area contributed by atoms with Gasteiger partial charge in [-0.05, 0) is 5.56 Å². The van der Waals surface area contributed by atoms with E-state index in [1.165, 1.54) is 18.7 Å². The normalized spacial score (nSPS) is 12.1. The van der Waals surface area contributed by atoms with Gasteiger partial charge in [-0.25, -0.2) is 0 Å². The monoisotopic (exact) mass is 237 g/mol. The Hall–Kier alpha value is -1.13. The lowest BCUT2D eigenvalue weighted by molar-refractivity contribution is -0.109. The molecule has 0 aliphatic rings. The predicted octanol–water partition coefficient (Wildman–Crippen LogP) is 1.62. The number of rotatable bonds is 6. The molecule has 1 aromatic rings. The number of aldehydes is 1. The fourth-order valence-corrected chi connectivity index (χ4v) is 1.81. The zero-order chi connectivity index (χ0) is 11.8. The van der Waals surface area contributed by atoms with Crippen molar-refractivity contribution in [3.05, 3.63) is 35.9 Å². The largest absolute Gasteiger partial charge is 0.303 e. The third-order valence-corrected chi connectivity index (χ3v) is 2.97. The van der Waals surface area contributed by atoms with Crippen LogP contribution in [-0.2, 0) is 16.1 Å². The van der Waals surface area contributed by atoms with E-state index in [4.69, 9.17) is 0 Å². The van der Waals surface area contributed by atoms with Crippen LogP contribution in [0, 0.1) is 0 Å². The summed E-state index contributed by atoms with van der Waals surface area (Å²) in [4.78, 5) is 21.5. The lowest BCUT2D eigenvalue weighted by Crippen LogP contribution is -2.32. The molecule has 0 aliphatic carbocycles. The van der Waals surface area contributed by atoms with Crippen LogP contribution in [0.3, 0.4) is 0 Å². The van der Waals surface area contributed by atoms with E-state index in [9.17, 15) is 9.59 Å². The van der Waals surface area contributed by atoms with E-state index in [1.807, 2.05) is 30.3 Å². The summed E-state index contributed by atoms with van der Waals surface area (Å²) < 4.78 is 0. The molecule has 1 atom stereocenters. The van der Waals surface area contributed by atoms with Crippen LogP contribution in [0.2, 0.25) is 0 Å². The van der Waals surface area contributed by atoms with Crippen molar-refractivity contribution < 1.29 is 9.59 Å². The summed E-state index contributed by atoms with van der Waals surface area (Å²) >= 11 is 1.17. The quantitative estimate of drug-likeness (QED) is 0.764. The molecule has 0 unspecified atom stereocenters. The number of nitrogens with one attached hydrogen (secondary N) is 1. The Bertz CT molecular complexity index is 340. The molecule has 1 rings (SSSR count). The van der Waals surface area contributed by atoms with E-state index >= 15 is 0 Å². The maximum absolute atomic E-state index is 10.8. The lowest BCUT2D eigenvalue weighted by atomic mass is 10.2. The van der Waals surface area contributed by atoms with Gasteiger partial charge in [0.25, 0.3) is 0 Å². The van der Waals surface area contributed by atoms with Crippen LogP contribution in [0.1, 0.15) is 12.5 Å². The summed E-state index contributed by atoms with van der Waals surface area (Å²) in [5, 5.41) is 3.14. The van der Waals surface area contributed by atoms with E-state index in [-0.39, 0.29) is 11.2 Å². The second kappa shape index (κ2) is 7.19. The van der Waals surface area contributed by atoms with Gasteiger partial charge >= 0.3 is 0 Å². The topological polar surface area (TPSA) is 46.2 Å². The molecule has 3 nitrogen and oxygen atoms in total. The fourth-order valence-electron chi connectivity index (χ4n) is 1.20. The van der Waals surface area contributed by atoms with Gasteiger partial charge in [-0.2, -0.15) is 0 Å². The van der Waals surface area contributed by atoms with Crippen LogP contribution in [0.25, 0.3) is 0 Å². The first-order valence-corrected chi connectivity index (χ1v) is 6.07. The van der Waals surface area contributed by atoms with Crippen LogP contribution in [0.5, 0.6) is 0 Å². The van der Waals surface area contributed by atoms with Crippen molar-refractivity contribution in [2.24, 2.45) is 0 Å². The second-order valence-corrected chi connectivity index (χ2v) is 4.61. The number of carbonyl (C=O) groups is 2. The Balaban J connectivity index is 2.34. The number of hydrogen-bond donors (Lipinski definition) is 1. The average molecular weight is 237 g/mol. The molecule has 0 spiro atoms. The first-order chi connectivity index (χ1) is 7.72. The molecule has 0 heterocycles. The highest BCUT2D eigenvalue weighted by Crippen LogP contribution is 2.04. The summed E-state index contributed by atoms with van der Waals surface area (Å²) in [6.45, 7) is 2.15. The van der Waals surface area contributed by atoms with Gasteiger partial charge in [0.1, 0.15) is 6.29 Å². The Morgan fingerprint density at radius 1 is 1.44 bits per heavy atom. The van der Waals surface area contributed by atoms with Gasteiger partial charge in [0.15, 0.2) is 5.12 Å². The van der Waals surface area contributed by atoms with Crippen LogP contribution in [0.4, 0.5) is 0 Å². The predicted molar refractivity (Wildman–Crippen MR) is 66.3 cm³/mol. The van der Waals surface area contributed by atoms with Gasteiger partial charge in [0.2, 0.25) is 0 Å². The Morgan fingerprint density at radius 2 is 2.12 bits per heavy atom. The Kier molecular flexibility index (Phi) is 5.82. The van der Waals surface area contributed by atoms with Crippen molar-refractivity contribution in [1.82, 2.24) is 5.32 Å². The van der Waals surface area contributed by atoms with E-state index in [2.05, 4.69) is 5.32 Å². The third-order valence-electron chi connectivity index (χ3n) is 2.04. The van der Waals surface area contributed by atoms with Gasteiger partial charge in [0.05, 0.1) is 6.04 Å². The number of benzene rings is 1. The minimum absolute atomic E-state index is 0.0355. The minimum Gasteiger partial charge on any atom is -0.303 e. The number of thioether (sulfide) groups is 1. The molecule has 1 N–H and O–H groups in total. The molecular weight excluding hydrogens is 222 g/mol. The molecule has 1 aromatic carbocycles. The van der Waals surface area contributed by atoms with Crippen molar-refractivity contribution in [2.75, 3.05) is 5.75 Å². The molecule has 0 bridgehead atoms. The van der Waals surface area contributed by atoms with Crippen molar-refractivity contribution >= 4 is 23.2 Å². The average Bonchev–Trinajstić information content (AvgIpc) is 2.30. The van der Waals surface area contributed by atoms with Gasteiger partial charge in [-0.15, -0.1) is 0 Å². The fraction of sp³-hybridized carbons (Fsp3) is 0.333. The molecule has 0 fully saturated rings. The SMILES string of the molecule is CC(=O)SC[C@@H](C=O)NCc1ccccc1. The smallest absolute Gasteiger partial charge is 0.185 e. The highest BCUT2D eigenvalue weighted by molar-refractivity contribution is 8.13. The third kappa shape index (κ3) is 5.09. The first kappa shape index (κ1) is 12.9. The molecule has 0 saturated carbocycles. The molecule has 4 heteroatoms. The van der Waals surface area contributed by atoms with Crippen molar-refractivity contribution in [3.8, 4) is 0 Å². The molecule has 0 aromatic heterocycles. The summed E-state index contributed by atoms with van der Waals surface area (Å²) in [6, 6.07) is 9.58. The highest BCUT2D eigenvalue weighted by atomic mass is 32.2. The van der Waals surface area contributed by atoms with Crippen LogP contribution < -0.4 is 5.32 Å².